The SMILES string of the molecule is CCCCCOc1c(Cl)cc(C(=O)N(CC)c2ccccc2)cc1Cl. The number of halogens is 2. The Bertz CT molecular complexity index is 681. The number of carbonyl (C=O) groups is 1. The van der Waals surface area contributed by atoms with Gasteiger partial charge in [-0.05, 0) is 37.6 Å². The van der Waals surface area contributed by atoms with Crippen molar-refractivity contribution in [3.8, 4) is 5.75 Å². The van der Waals surface area contributed by atoms with Crippen LogP contribution in [0.3, 0.4) is 0 Å². The number of para-hydroxylation sites is 1. The molecule has 3 nitrogen and oxygen atoms in total. The third-order valence-electron chi connectivity index (χ3n) is 3.87. The molecular formula is C20H23Cl2NO2. The van der Waals surface area contributed by atoms with E-state index < -0.39 is 0 Å². The van der Waals surface area contributed by atoms with E-state index in [4.69, 9.17) is 27.9 Å². The predicted octanol–water partition coefficient (Wildman–Crippen LogP) is 6.23. The maximum Gasteiger partial charge on any atom is 0.258 e. The van der Waals surface area contributed by atoms with E-state index in [2.05, 4.69) is 6.92 Å². The molecule has 0 atom stereocenters. The summed E-state index contributed by atoms with van der Waals surface area (Å²) in [6.45, 7) is 5.17. The van der Waals surface area contributed by atoms with Gasteiger partial charge in [0.25, 0.3) is 5.91 Å². The number of ether oxygens (including phenoxy) is 1. The average Bonchev–Trinajstić information content (AvgIpc) is 2.61. The van der Waals surface area contributed by atoms with E-state index in [1.54, 1.807) is 17.0 Å². The second-order valence-corrected chi connectivity index (χ2v) is 6.52. The van der Waals surface area contributed by atoms with E-state index >= 15 is 0 Å². The van der Waals surface area contributed by atoms with Gasteiger partial charge in [-0.15, -0.1) is 0 Å². The molecule has 2 rings (SSSR count). The fourth-order valence-electron chi connectivity index (χ4n) is 2.55. The van der Waals surface area contributed by atoms with Crippen LogP contribution in [0, 0.1) is 0 Å². The number of hydrogen-bond donors (Lipinski definition) is 0. The zero-order chi connectivity index (χ0) is 18.2. The number of hydrogen-bond acceptors (Lipinski definition) is 2. The summed E-state index contributed by atoms with van der Waals surface area (Å²) >= 11 is 12.6. The zero-order valence-electron chi connectivity index (χ0n) is 14.6. The summed E-state index contributed by atoms with van der Waals surface area (Å²) in [5, 5.41) is 0.716. The lowest BCUT2D eigenvalue weighted by molar-refractivity contribution is 0.0988. The Hall–Kier alpha value is -1.71. The largest absolute Gasteiger partial charge is 0.490 e. The van der Waals surface area contributed by atoms with E-state index in [-0.39, 0.29) is 5.91 Å². The summed E-state index contributed by atoms with van der Waals surface area (Å²) in [4.78, 5) is 14.5. The van der Waals surface area contributed by atoms with Crippen molar-refractivity contribution in [3.05, 3.63) is 58.1 Å². The number of unbranched alkanes of at least 4 members (excludes halogenated alkanes) is 2. The van der Waals surface area contributed by atoms with Gasteiger partial charge in [0.2, 0.25) is 0 Å². The molecule has 0 aromatic heterocycles. The highest BCUT2D eigenvalue weighted by Crippen LogP contribution is 2.35. The Morgan fingerprint density at radius 2 is 1.68 bits per heavy atom. The van der Waals surface area contributed by atoms with Gasteiger partial charge in [0, 0.05) is 17.8 Å². The molecule has 5 heteroatoms. The topological polar surface area (TPSA) is 29.5 Å². The van der Waals surface area contributed by atoms with Crippen molar-refractivity contribution in [2.75, 3.05) is 18.1 Å². The van der Waals surface area contributed by atoms with Gasteiger partial charge in [-0.1, -0.05) is 61.2 Å². The van der Waals surface area contributed by atoms with Gasteiger partial charge in [-0.25, -0.2) is 0 Å². The van der Waals surface area contributed by atoms with E-state index in [1.807, 2.05) is 37.3 Å². The van der Waals surface area contributed by atoms with Crippen LogP contribution in [0.4, 0.5) is 5.69 Å². The van der Waals surface area contributed by atoms with Crippen molar-refractivity contribution in [1.82, 2.24) is 0 Å². The van der Waals surface area contributed by atoms with Crippen LogP contribution in [0.25, 0.3) is 0 Å². The molecule has 2 aromatic carbocycles. The van der Waals surface area contributed by atoms with Crippen LogP contribution < -0.4 is 9.64 Å². The Kier molecular flexibility index (Phi) is 7.60. The molecule has 0 radical (unpaired) electrons. The lowest BCUT2D eigenvalue weighted by atomic mass is 10.1. The number of rotatable bonds is 8. The molecule has 0 fully saturated rings. The molecule has 0 N–H and O–H groups in total. The summed E-state index contributed by atoms with van der Waals surface area (Å²) in [5.74, 6) is 0.300. The standard InChI is InChI=1S/C20H23Cl2NO2/c1-3-5-9-12-25-19-17(21)13-15(14-18(19)22)20(24)23(4-2)16-10-7-6-8-11-16/h6-8,10-11,13-14H,3-5,9,12H2,1-2H3. The summed E-state index contributed by atoms with van der Waals surface area (Å²) in [6, 6.07) is 12.8. The fourth-order valence-corrected chi connectivity index (χ4v) is 3.15. The monoisotopic (exact) mass is 379 g/mol. The first kappa shape index (κ1) is 19.6. The maximum absolute atomic E-state index is 12.9. The van der Waals surface area contributed by atoms with Gasteiger partial charge in [0.05, 0.1) is 16.7 Å². The first-order valence-corrected chi connectivity index (χ1v) is 9.32. The second-order valence-electron chi connectivity index (χ2n) is 5.71. The zero-order valence-corrected chi connectivity index (χ0v) is 16.1. The van der Waals surface area contributed by atoms with Crippen LogP contribution in [-0.2, 0) is 0 Å². The van der Waals surface area contributed by atoms with E-state index in [9.17, 15) is 4.79 Å². The molecule has 0 saturated heterocycles. The molecule has 0 aliphatic rings. The number of anilines is 1. The Morgan fingerprint density at radius 3 is 2.24 bits per heavy atom. The van der Waals surface area contributed by atoms with Gasteiger partial charge >= 0.3 is 0 Å². The molecule has 2 aromatic rings. The third kappa shape index (κ3) is 5.13. The molecule has 0 bridgehead atoms. The van der Waals surface area contributed by atoms with Crippen LogP contribution in [0.5, 0.6) is 5.75 Å². The molecule has 25 heavy (non-hydrogen) atoms. The molecule has 0 aliphatic heterocycles. The van der Waals surface area contributed by atoms with Gasteiger partial charge < -0.3 is 9.64 Å². The number of benzene rings is 2. The molecule has 0 aliphatic carbocycles. The highest BCUT2D eigenvalue weighted by Gasteiger charge is 2.19. The summed E-state index contributed by atoms with van der Waals surface area (Å²) in [6.07, 6.45) is 3.15. The molecule has 0 unspecified atom stereocenters. The van der Waals surface area contributed by atoms with Crippen molar-refractivity contribution < 1.29 is 9.53 Å². The summed E-state index contributed by atoms with van der Waals surface area (Å²) in [5.41, 5.74) is 1.28. The van der Waals surface area contributed by atoms with Gasteiger partial charge in [-0.2, -0.15) is 0 Å². The minimum atomic E-state index is -0.143. The Morgan fingerprint density at radius 1 is 1.04 bits per heavy atom. The average molecular weight is 380 g/mol. The first-order chi connectivity index (χ1) is 12.1. The molecule has 0 saturated carbocycles. The van der Waals surface area contributed by atoms with E-state index in [1.165, 1.54) is 0 Å². The van der Waals surface area contributed by atoms with Crippen molar-refractivity contribution in [2.24, 2.45) is 0 Å². The van der Waals surface area contributed by atoms with Gasteiger partial charge in [0.15, 0.2) is 5.75 Å². The van der Waals surface area contributed by atoms with Crippen LogP contribution in [0.1, 0.15) is 43.5 Å². The van der Waals surface area contributed by atoms with Crippen molar-refractivity contribution in [2.45, 2.75) is 33.1 Å². The highest BCUT2D eigenvalue weighted by atomic mass is 35.5. The summed E-state index contributed by atoms with van der Waals surface area (Å²) in [7, 11) is 0. The molecule has 1 amide bonds. The molecular weight excluding hydrogens is 357 g/mol. The minimum Gasteiger partial charge on any atom is -0.490 e. The number of carbonyl (C=O) groups excluding carboxylic acids is 1. The van der Waals surface area contributed by atoms with Crippen molar-refractivity contribution in [3.63, 3.8) is 0 Å². The van der Waals surface area contributed by atoms with Crippen LogP contribution in [-0.4, -0.2) is 19.1 Å². The van der Waals surface area contributed by atoms with Crippen molar-refractivity contribution in [1.29, 1.82) is 0 Å². The van der Waals surface area contributed by atoms with Gasteiger partial charge in [0.1, 0.15) is 0 Å². The van der Waals surface area contributed by atoms with Gasteiger partial charge in [-0.3, -0.25) is 4.79 Å². The Balaban J connectivity index is 2.20. The quantitative estimate of drug-likeness (QED) is 0.508. The van der Waals surface area contributed by atoms with E-state index in [0.29, 0.717) is 34.5 Å². The first-order valence-electron chi connectivity index (χ1n) is 8.57. The molecule has 0 spiro atoms. The van der Waals surface area contributed by atoms with E-state index in [0.717, 1.165) is 24.9 Å². The van der Waals surface area contributed by atoms with Crippen LogP contribution in [0.15, 0.2) is 42.5 Å². The lowest BCUT2D eigenvalue weighted by Gasteiger charge is -2.21. The smallest absolute Gasteiger partial charge is 0.258 e. The maximum atomic E-state index is 12.9. The number of nitrogens with zero attached hydrogens (tertiary/aromatic N) is 1. The second kappa shape index (κ2) is 9.69. The minimum absolute atomic E-state index is 0.143. The normalized spacial score (nSPS) is 10.6. The lowest BCUT2D eigenvalue weighted by Crippen LogP contribution is -2.30. The van der Waals surface area contributed by atoms with Crippen LogP contribution >= 0.6 is 23.2 Å². The third-order valence-corrected chi connectivity index (χ3v) is 4.43. The van der Waals surface area contributed by atoms with Crippen LogP contribution in [0.2, 0.25) is 10.0 Å². The molecule has 134 valence electrons. The van der Waals surface area contributed by atoms with Crippen molar-refractivity contribution >= 4 is 34.8 Å². The number of amides is 1. The predicted molar refractivity (Wildman–Crippen MR) is 105 cm³/mol. The fraction of sp³-hybridized carbons (Fsp3) is 0.350. The highest BCUT2D eigenvalue weighted by molar-refractivity contribution is 6.37. The Labute approximate surface area is 159 Å². The summed E-state index contributed by atoms with van der Waals surface area (Å²) < 4.78 is 5.69. The molecule has 0 heterocycles.